The number of aromatic nitrogens is 1. The maximum Gasteiger partial charge on any atom is 0.121 e. The van der Waals surface area contributed by atoms with Crippen molar-refractivity contribution in [1.82, 2.24) is 9.88 Å². The first-order valence-corrected chi connectivity index (χ1v) is 9.60. The molecule has 6 heteroatoms. The van der Waals surface area contributed by atoms with Gasteiger partial charge in [-0.2, -0.15) is 0 Å². The second-order valence-electron chi connectivity index (χ2n) is 6.72. The summed E-state index contributed by atoms with van der Waals surface area (Å²) in [5.41, 5.74) is 1.30. The lowest BCUT2D eigenvalue weighted by Gasteiger charge is -2.32. The van der Waals surface area contributed by atoms with Crippen LogP contribution in [0.1, 0.15) is 18.4 Å². The monoisotopic (exact) mass is 422 g/mol. The summed E-state index contributed by atoms with van der Waals surface area (Å²) in [5.74, 6) is 0.838. The fraction of sp³-hybridized carbons (Fsp3) is 0.286. The van der Waals surface area contributed by atoms with E-state index in [0.717, 1.165) is 54.0 Å². The van der Waals surface area contributed by atoms with E-state index in [9.17, 15) is 0 Å². The first kappa shape index (κ1) is 20.2. The summed E-state index contributed by atoms with van der Waals surface area (Å²) in [5, 5.41) is 3.48. The van der Waals surface area contributed by atoms with Crippen LogP contribution >= 0.6 is 35.6 Å². The van der Waals surface area contributed by atoms with Gasteiger partial charge in [-0.15, -0.1) is 12.4 Å². The molecule has 27 heavy (non-hydrogen) atoms. The second-order valence-corrected chi connectivity index (χ2v) is 7.57. The van der Waals surface area contributed by atoms with E-state index in [1.165, 1.54) is 5.56 Å². The van der Waals surface area contributed by atoms with Crippen LogP contribution in [0.5, 0.6) is 5.75 Å². The van der Waals surface area contributed by atoms with E-state index >= 15 is 0 Å². The highest BCUT2D eigenvalue weighted by Crippen LogP contribution is 2.30. The maximum absolute atomic E-state index is 6.37. The van der Waals surface area contributed by atoms with Crippen molar-refractivity contribution in [2.45, 2.75) is 25.5 Å². The average molecular weight is 424 g/mol. The first-order valence-electron chi connectivity index (χ1n) is 8.84. The molecule has 2 aromatic carbocycles. The van der Waals surface area contributed by atoms with Gasteiger partial charge in [-0.25, -0.2) is 0 Å². The SMILES string of the molecule is Cl.Clc1ccc(CN2CCC(Oc3cc(Cl)c4cnccc4c3)CC2)cc1. The number of piperidine rings is 1. The van der Waals surface area contributed by atoms with Crippen molar-refractivity contribution in [3.63, 3.8) is 0 Å². The minimum absolute atomic E-state index is 0. The van der Waals surface area contributed by atoms with Crippen LogP contribution in [-0.4, -0.2) is 29.1 Å². The Bertz CT molecular complexity index is 894. The summed E-state index contributed by atoms with van der Waals surface area (Å²) < 4.78 is 6.21. The minimum Gasteiger partial charge on any atom is -0.490 e. The summed E-state index contributed by atoms with van der Waals surface area (Å²) in [6.45, 7) is 3.01. The quantitative estimate of drug-likeness (QED) is 0.514. The number of rotatable bonds is 4. The van der Waals surface area contributed by atoms with Crippen molar-refractivity contribution in [3.8, 4) is 5.75 Å². The van der Waals surface area contributed by atoms with Gasteiger partial charge < -0.3 is 4.74 Å². The van der Waals surface area contributed by atoms with E-state index in [-0.39, 0.29) is 18.5 Å². The number of benzene rings is 2. The molecule has 3 aromatic rings. The van der Waals surface area contributed by atoms with Gasteiger partial charge in [0.05, 0.1) is 5.02 Å². The van der Waals surface area contributed by atoms with Crippen molar-refractivity contribution in [2.24, 2.45) is 0 Å². The molecule has 0 saturated carbocycles. The standard InChI is InChI=1S/C21H20Cl2N2O.ClH/c22-17-3-1-15(2-4-17)14-25-9-6-18(7-10-25)26-19-11-16-5-8-24-13-20(16)21(23)12-19;/h1-5,8,11-13,18H,6-7,9-10,14H2;1H. The molecule has 1 aromatic heterocycles. The maximum atomic E-state index is 6.37. The van der Waals surface area contributed by atoms with E-state index in [2.05, 4.69) is 22.0 Å². The van der Waals surface area contributed by atoms with E-state index in [1.54, 1.807) is 12.4 Å². The molecule has 4 rings (SSSR count). The van der Waals surface area contributed by atoms with Crippen molar-refractivity contribution in [3.05, 3.63) is 70.5 Å². The lowest BCUT2D eigenvalue weighted by atomic mass is 10.1. The van der Waals surface area contributed by atoms with Gasteiger partial charge in [-0.3, -0.25) is 9.88 Å². The average Bonchev–Trinajstić information content (AvgIpc) is 2.65. The highest BCUT2D eigenvalue weighted by atomic mass is 35.5. The Morgan fingerprint density at radius 1 is 1.04 bits per heavy atom. The molecule has 0 unspecified atom stereocenters. The molecule has 1 aliphatic rings. The van der Waals surface area contributed by atoms with Gasteiger partial charge in [0.25, 0.3) is 0 Å². The molecule has 1 fully saturated rings. The van der Waals surface area contributed by atoms with Crippen LogP contribution in [0.4, 0.5) is 0 Å². The molecular formula is C21H21Cl3N2O. The second kappa shape index (κ2) is 9.11. The Balaban J connectivity index is 0.00000210. The van der Waals surface area contributed by atoms with Gasteiger partial charge in [0.2, 0.25) is 0 Å². The zero-order valence-electron chi connectivity index (χ0n) is 14.8. The Kier molecular flexibility index (Phi) is 6.83. The highest BCUT2D eigenvalue weighted by Gasteiger charge is 2.21. The molecule has 0 amide bonds. The molecule has 0 aliphatic carbocycles. The molecule has 0 bridgehead atoms. The Hall–Kier alpha value is -1.52. The summed E-state index contributed by atoms with van der Waals surface area (Å²) in [6.07, 6.45) is 5.82. The van der Waals surface area contributed by atoms with Crippen molar-refractivity contribution < 1.29 is 4.74 Å². The number of nitrogens with zero attached hydrogens (tertiary/aromatic N) is 2. The molecule has 0 radical (unpaired) electrons. The van der Waals surface area contributed by atoms with Crippen LogP contribution in [0.25, 0.3) is 10.8 Å². The van der Waals surface area contributed by atoms with Crippen LogP contribution in [0.15, 0.2) is 54.9 Å². The number of pyridine rings is 1. The Morgan fingerprint density at radius 3 is 2.52 bits per heavy atom. The minimum atomic E-state index is 0. The van der Waals surface area contributed by atoms with Gasteiger partial charge in [-0.1, -0.05) is 35.3 Å². The molecule has 1 saturated heterocycles. The molecule has 2 heterocycles. The zero-order valence-corrected chi connectivity index (χ0v) is 17.1. The molecule has 0 atom stereocenters. The van der Waals surface area contributed by atoms with Gasteiger partial charge >= 0.3 is 0 Å². The molecule has 3 nitrogen and oxygen atoms in total. The number of likely N-dealkylation sites (tertiary alicyclic amines) is 1. The first-order chi connectivity index (χ1) is 12.7. The van der Waals surface area contributed by atoms with E-state index in [0.29, 0.717) is 5.02 Å². The van der Waals surface area contributed by atoms with Crippen LogP contribution < -0.4 is 4.74 Å². The van der Waals surface area contributed by atoms with Gasteiger partial charge in [0, 0.05) is 42.4 Å². The fourth-order valence-corrected chi connectivity index (χ4v) is 3.81. The zero-order chi connectivity index (χ0) is 17.9. The summed E-state index contributed by atoms with van der Waals surface area (Å²) in [6, 6.07) is 14.0. The van der Waals surface area contributed by atoms with E-state index in [4.69, 9.17) is 27.9 Å². The molecule has 142 valence electrons. The van der Waals surface area contributed by atoms with Crippen molar-refractivity contribution in [2.75, 3.05) is 13.1 Å². The number of ether oxygens (including phenoxy) is 1. The third-order valence-electron chi connectivity index (χ3n) is 4.84. The predicted molar refractivity (Wildman–Crippen MR) is 114 cm³/mol. The molecule has 0 N–H and O–H groups in total. The van der Waals surface area contributed by atoms with Crippen LogP contribution in [-0.2, 0) is 6.54 Å². The highest BCUT2D eigenvalue weighted by molar-refractivity contribution is 6.35. The van der Waals surface area contributed by atoms with E-state index < -0.39 is 0 Å². The largest absolute Gasteiger partial charge is 0.490 e. The predicted octanol–water partition coefficient (Wildman–Crippen LogP) is 6.01. The van der Waals surface area contributed by atoms with E-state index in [1.807, 2.05) is 30.3 Å². The number of fused-ring (bicyclic) bond motifs is 1. The Labute approximate surface area is 175 Å². The smallest absolute Gasteiger partial charge is 0.121 e. The Morgan fingerprint density at radius 2 is 1.78 bits per heavy atom. The number of hydrogen-bond donors (Lipinski definition) is 0. The molecular weight excluding hydrogens is 403 g/mol. The van der Waals surface area contributed by atoms with Gasteiger partial charge in [0.1, 0.15) is 11.9 Å². The summed E-state index contributed by atoms with van der Waals surface area (Å²) in [4.78, 5) is 6.59. The van der Waals surface area contributed by atoms with Gasteiger partial charge in [-0.05, 0) is 54.1 Å². The van der Waals surface area contributed by atoms with Crippen molar-refractivity contribution >= 4 is 46.4 Å². The van der Waals surface area contributed by atoms with Gasteiger partial charge in [0.15, 0.2) is 0 Å². The topological polar surface area (TPSA) is 25.4 Å². The van der Waals surface area contributed by atoms with Crippen LogP contribution in [0.3, 0.4) is 0 Å². The summed E-state index contributed by atoms with van der Waals surface area (Å²) in [7, 11) is 0. The van der Waals surface area contributed by atoms with Crippen LogP contribution in [0, 0.1) is 0 Å². The fourth-order valence-electron chi connectivity index (χ4n) is 3.42. The summed E-state index contributed by atoms with van der Waals surface area (Å²) >= 11 is 12.3. The molecule has 1 aliphatic heterocycles. The third kappa shape index (κ3) is 5.05. The number of hydrogen-bond acceptors (Lipinski definition) is 3. The lowest BCUT2D eigenvalue weighted by Crippen LogP contribution is -2.37. The van der Waals surface area contributed by atoms with Crippen molar-refractivity contribution in [1.29, 1.82) is 0 Å². The lowest BCUT2D eigenvalue weighted by molar-refractivity contribution is 0.0969. The number of halogens is 3. The normalized spacial score (nSPS) is 15.5. The molecule has 0 spiro atoms. The van der Waals surface area contributed by atoms with Crippen LogP contribution in [0.2, 0.25) is 10.0 Å². The third-order valence-corrected chi connectivity index (χ3v) is 5.40.